The fourth-order valence-corrected chi connectivity index (χ4v) is 0.506. The zero-order valence-electron chi connectivity index (χ0n) is 4.36. The molecule has 0 atom stereocenters. The van der Waals surface area contributed by atoms with E-state index in [4.69, 9.17) is 0 Å². The van der Waals surface area contributed by atoms with Gasteiger partial charge in [0.2, 0.25) is 0 Å². The first-order valence-electron chi connectivity index (χ1n) is 2.38. The number of allylic oxidation sites excluding steroid dienone is 3. The van der Waals surface area contributed by atoms with Crippen LogP contribution in [0, 0.1) is 6.08 Å². The molecule has 0 spiro atoms. The number of hydrogen-bond donors (Lipinski definition) is 1. The predicted octanol–water partition coefficient (Wildman–Crippen LogP) is 0.853. The molecule has 0 bridgehead atoms. The Hall–Kier alpha value is -0.720. The lowest BCUT2D eigenvalue weighted by molar-refractivity contribution is 0.884. The molecule has 0 aromatic rings. The Morgan fingerprint density at radius 2 is 2.71 bits per heavy atom. The van der Waals surface area contributed by atoms with Crippen molar-refractivity contribution in [1.82, 2.24) is 5.32 Å². The zero-order valence-corrected chi connectivity index (χ0v) is 4.36. The maximum absolute atomic E-state index is 3.10. The Balaban J connectivity index is 2.57. The highest BCUT2D eigenvalue weighted by Gasteiger charge is 1.86. The van der Waals surface area contributed by atoms with Crippen LogP contribution in [-0.2, 0) is 0 Å². The topological polar surface area (TPSA) is 12.0 Å². The Kier molecular flexibility index (Phi) is 1.16. The maximum atomic E-state index is 3.10. The van der Waals surface area contributed by atoms with E-state index >= 15 is 0 Å². The number of rotatable bonds is 0. The fourth-order valence-electron chi connectivity index (χ4n) is 0.506. The van der Waals surface area contributed by atoms with Crippen LogP contribution >= 0.6 is 0 Å². The quantitative estimate of drug-likeness (QED) is 0.469. The Bertz CT molecular complexity index is 111. The van der Waals surface area contributed by atoms with E-state index in [0.717, 1.165) is 12.2 Å². The second kappa shape index (κ2) is 1.82. The molecular formula is C6H8N. The van der Waals surface area contributed by atoms with Gasteiger partial charge in [-0.2, -0.15) is 0 Å². The third kappa shape index (κ3) is 1.07. The third-order valence-electron chi connectivity index (χ3n) is 0.903. The Morgan fingerprint density at radius 3 is 3.00 bits per heavy atom. The van der Waals surface area contributed by atoms with Crippen LogP contribution in [0.25, 0.3) is 0 Å². The highest BCUT2D eigenvalue weighted by molar-refractivity contribution is 5.08. The largest absolute Gasteiger partial charge is 0.385 e. The lowest BCUT2D eigenvalue weighted by Crippen LogP contribution is -2.12. The molecule has 0 unspecified atom stereocenters. The van der Waals surface area contributed by atoms with E-state index in [2.05, 4.69) is 11.4 Å². The van der Waals surface area contributed by atoms with Crippen LogP contribution in [0.15, 0.2) is 17.8 Å². The molecule has 0 saturated carbocycles. The average Bonchev–Trinajstić information content (AvgIpc) is 1.69. The summed E-state index contributed by atoms with van der Waals surface area (Å²) in [6.45, 7) is 2.96. The molecular weight excluding hydrogens is 86.1 g/mol. The standard InChI is InChI=1S/C6H8N/c1-6-4-2-3-5-7-6/h2-3,7H,5H2,1H3. The minimum Gasteiger partial charge on any atom is -0.385 e. The zero-order chi connectivity index (χ0) is 5.11. The van der Waals surface area contributed by atoms with Crippen molar-refractivity contribution in [2.24, 2.45) is 0 Å². The van der Waals surface area contributed by atoms with E-state index < -0.39 is 0 Å². The smallest absolute Gasteiger partial charge is 0.0331 e. The number of nitrogens with one attached hydrogen (secondary N) is 1. The highest BCUT2D eigenvalue weighted by atomic mass is 14.9. The molecule has 0 aromatic heterocycles. The summed E-state index contributed by atoms with van der Waals surface area (Å²) in [6, 6.07) is 0. The van der Waals surface area contributed by atoms with Gasteiger partial charge in [0, 0.05) is 18.3 Å². The summed E-state index contributed by atoms with van der Waals surface area (Å²) < 4.78 is 0. The van der Waals surface area contributed by atoms with Crippen LogP contribution in [0.4, 0.5) is 0 Å². The molecule has 1 radical (unpaired) electrons. The van der Waals surface area contributed by atoms with Gasteiger partial charge in [-0.15, -0.1) is 0 Å². The van der Waals surface area contributed by atoms with Gasteiger partial charge in [0.15, 0.2) is 0 Å². The van der Waals surface area contributed by atoms with Gasteiger partial charge >= 0.3 is 0 Å². The summed E-state index contributed by atoms with van der Waals surface area (Å²) in [5.74, 6) is 0. The summed E-state index contributed by atoms with van der Waals surface area (Å²) in [7, 11) is 0. The highest BCUT2D eigenvalue weighted by Crippen LogP contribution is 1.89. The molecule has 1 N–H and O–H groups in total. The van der Waals surface area contributed by atoms with Crippen molar-refractivity contribution in [1.29, 1.82) is 0 Å². The van der Waals surface area contributed by atoms with E-state index in [1.807, 2.05) is 19.1 Å². The molecule has 0 aliphatic carbocycles. The molecule has 1 nitrogen and oxygen atoms in total. The van der Waals surface area contributed by atoms with Crippen LogP contribution in [0.2, 0.25) is 0 Å². The van der Waals surface area contributed by atoms with Crippen LogP contribution in [0.1, 0.15) is 6.92 Å². The molecule has 0 saturated heterocycles. The second-order valence-corrected chi connectivity index (χ2v) is 1.55. The van der Waals surface area contributed by atoms with Gasteiger partial charge in [-0.25, -0.2) is 0 Å². The monoisotopic (exact) mass is 94.1 g/mol. The van der Waals surface area contributed by atoms with Gasteiger partial charge in [-0.1, -0.05) is 12.2 Å². The first kappa shape index (κ1) is 4.44. The maximum Gasteiger partial charge on any atom is 0.0331 e. The van der Waals surface area contributed by atoms with Crippen molar-refractivity contribution in [3.63, 3.8) is 0 Å². The first-order chi connectivity index (χ1) is 3.39. The summed E-state index contributed by atoms with van der Waals surface area (Å²) >= 11 is 0. The van der Waals surface area contributed by atoms with E-state index in [1.54, 1.807) is 0 Å². The van der Waals surface area contributed by atoms with Gasteiger partial charge in [0.25, 0.3) is 0 Å². The van der Waals surface area contributed by atoms with Crippen molar-refractivity contribution in [2.45, 2.75) is 6.92 Å². The summed E-state index contributed by atoms with van der Waals surface area (Å²) in [6.07, 6.45) is 6.98. The van der Waals surface area contributed by atoms with Gasteiger partial charge in [0.05, 0.1) is 0 Å². The van der Waals surface area contributed by atoms with Crippen molar-refractivity contribution in [3.05, 3.63) is 23.9 Å². The molecule has 1 rings (SSSR count). The molecule has 1 aliphatic rings. The fraction of sp³-hybridized carbons (Fsp3) is 0.333. The van der Waals surface area contributed by atoms with Crippen LogP contribution in [0.3, 0.4) is 0 Å². The van der Waals surface area contributed by atoms with Crippen LogP contribution in [0.5, 0.6) is 0 Å². The normalized spacial score (nSPS) is 18.1. The number of dihydropyridines is 1. The van der Waals surface area contributed by atoms with Gasteiger partial charge in [-0.05, 0) is 6.92 Å². The van der Waals surface area contributed by atoms with Crippen LogP contribution < -0.4 is 5.32 Å². The van der Waals surface area contributed by atoms with E-state index in [9.17, 15) is 0 Å². The molecule has 7 heavy (non-hydrogen) atoms. The lowest BCUT2D eigenvalue weighted by Gasteiger charge is -2.03. The third-order valence-corrected chi connectivity index (χ3v) is 0.903. The van der Waals surface area contributed by atoms with E-state index in [1.165, 1.54) is 0 Å². The van der Waals surface area contributed by atoms with Crippen LogP contribution in [-0.4, -0.2) is 6.54 Å². The molecule has 1 aliphatic heterocycles. The minimum atomic E-state index is 0.957. The van der Waals surface area contributed by atoms with Gasteiger partial charge in [0.1, 0.15) is 0 Å². The molecule has 1 heteroatoms. The molecule has 0 amide bonds. The van der Waals surface area contributed by atoms with Crippen molar-refractivity contribution in [2.75, 3.05) is 6.54 Å². The van der Waals surface area contributed by atoms with E-state index in [-0.39, 0.29) is 0 Å². The first-order valence-corrected chi connectivity index (χ1v) is 2.38. The summed E-state index contributed by atoms with van der Waals surface area (Å²) in [4.78, 5) is 0. The summed E-state index contributed by atoms with van der Waals surface area (Å²) in [5, 5.41) is 3.10. The molecule has 0 aromatic carbocycles. The lowest BCUT2D eigenvalue weighted by atomic mass is 10.3. The van der Waals surface area contributed by atoms with Crippen molar-refractivity contribution < 1.29 is 0 Å². The van der Waals surface area contributed by atoms with Crippen molar-refractivity contribution in [3.8, 4) is 0 Å². The predicted molar refractivity (Wildman–Crippen MR) is 29.6 cm³/mol. The molecule has 37 valence electrons. The second-order valence-electron chi connectivity index (χ2n) is 1.55. The SMILES string of the molecule is CC1=[C]C=CCN1. The number of hydrogen-bond acceptors (Lipinski definition) is 1. The average molecular weight is 94.1 g/mol. The van der Waals surface area contributed by atoms with Gasteiger partial charge < -0.3 is 5.32 Å². The molecule has 0 fully saturated rings. The molecule has 1 heterocycles. The Labute approximate surface area is 43.7 Å². The summed E-state index contributed by atoms with van der Waals surface area (Å²) in [5.41, 5.74) is 1.13. The van der Waals surface area contributed by atoms with Crippen molar-refractivity contribution >= 4 is 0 Å². The van der Waals surface area contributed by atoms with Gasteiger partial charge in [-0.3, -0.25) is 0 Å². The Morgan fingerprint density at radius 1 is 1.86 bits per heavy atom. The van der Waals surface area contributed by atoms with E-state index in [0.29, 0.717) is 0 Å². The minimum absolute atomic E-state index is 0.957.